The van der Waals surface area contributed by atoms with Gasteiger partial charge in [-0.1, -0.05) is 5.21 Å². The summed E-state index contributed by atoms with van der Waals surface area (Å²) >= 11 is 0. The van der Waals surface area contributed by atoms with E-state index in [1.54, 1.807) is 0 Å². The topological polar surface area (TPSA) is 180 Å². The first-order valence-electron chi connectivity index (χ1n) is 8.92. The lowest BCUT2D eigenvalue weighted by Crippen LogP contribution is -2.19. The highest BCUT2D eigenvalue weighted by molar-refractivity contribution is 5.98. The lowest BCUT2D eigenvalue weighted by atomic mass is 10.1. The minimum absolute atomic E-state index is 0.0490. The van der Waals surface area contributed by atoms with Crippen LogP contribution in [0.3, 0.4) is 0 Å². The summed E-state index contributed by atoms with van der Waals surface area (Å²) in [5, 5.41) is 29.3. The van der Waals surface area contributed by atoms with Crippen LogP contribution in [0.1, 0.15) is 16.1 Å². The molecule has 0 saturated heterocycles. The second-order valence-electron chi connectivity index (χ2n) is 6.34. The van der Waals surface area contributed by atoms with E-state index in [-0.39, 0.29) is 34.3 Å². The first kappa shape index (κ1) is 21.2. The standard InChI is InChI=1S/C18H11F2N9O4/c19-11-4-1-10(13(20)7-11)8-22-24-18(30)14-15(9-2-5-12(6-3-9)29(31)32)28(27-23-14)17-16(21)25-33-26-17/h1-8H,(H2,21,25)(H,24,30). The molecule has 0 bridgehead atoms. The smallest absolute Gasteiger partial charge is 0.294 e. The van der Waals surface area contributed by atoms with E-state index in [0.717, 1.165) is 23.0 Å². The summed E-state index contributed by atoms with van der Waals surface area (Å²) in [4.78, 5) is 23.1. The normalized spacial score (nSPS) is 11.1. The molecule has 4 rings (SSSR count). The van der Waals surface area contributed by atoms with E-state index in [1.165, 1.54) is 24.3 Å². The number of rotatable bonds is 6. The number of hydrazone groups is 1. The number of nitrogens with one attached hydrogen (secondary N) is 1. The van der Waals surface area contributed by atoms with Crippen molar-refractivity contribution in [3.05, 3.63) is 75.5 Å². The van der Waals surface area contributed by atoms with Gasteiger partial charge in [-0.15, -0.1) is 5.10 Å². The molecule has 2 aromatic carbocycles. The third-order valence-corrected chi connectivity index (χ3v) is 4.27. The van der Waals surface area contributed by atoms with Crippen molar-refractivity contribution in [3.8, 4) is 17.1 Å². The summed E-state index contributed by atoms with van der Waals surface area (Å²) < 4.78 is 32.3. The number of anilines is 1. The van der Waals surface area contributed by atoms with Crippen LogP contribution >= 0.6 is 0 Å². The number of non-ortho nitro benzene ring substituents is 1. The number of amides is 1. The first-order chi connectivity index (χ1) is 15.8. The van der Waals surface area contributed by atoms with Gasteiger partial charge in [0, 0.05) is 29.3 Å². The number of nitrogen functional groups attached to an aromatic ring is 1. The Morgan fingerprint density at radius 2 is 1.97 bits per heavy atom. The van der Waals surface area contributed by atoms with Crippen molar-refractivity contribution in [2.24, 2.45) is 5.10 Å². The van der Waals surface area contributed by atoms with Crippen LogP contribution in [0, 0.1) is 21.7 Å². The van der Waals surface area contributed by atoms with Crippen LogP contribution in [-0.4, -0.2) is 42.4 Å². The summed E-state index contributed by atoms with van der Waals surface area (Å²) in [7, 11) is 0. The Balaban J connectivity index is 1.69. The third-order valence-electron chi connectivity index (χ3n) is 4.27. The van der Waals surface area contributed by atoms with Gasteiger partial charge in [0.15, 0.2) is 5.69 Å². The molecule has 15 heteroatoms. The highest BCUT2D eigenvalue weighted by Crippen LogP contribution is 2.28. The number of hydrogen-bond acceptors (Lipinski definition) is 10. The molecule has 0 fully saturated rings. The summed E-state index contributed by atoms with van der Waals surface area (Å²) in [6, 6.07) is 8.00. The summed E-state index contributed by atoms with van der Waals surface area (Å²) in [5.74, 6) is -2.73. The Kier molecular flexibility index (Phi) is 5.50. The fourth-order valence-corrected chi connectivity index (χ4v) is 2.74. The molecule has 166 valence electrons. The van der Waals surface area contributed by atoms with Gasteiger partial charge in [-0.2, -0.15) is 9.78 Å². The number of nitrogens with zero attached hydrogens (tertiary/aromatic N) is 7. The Morgan fingerprint density at radius 1 is 1.21 bits per heavy atom. The molecule has 0 aliphatic heterocycles. The number of halogens is 2. The van der Waals surface area contributed by atoms with Crippen LogP contribution in [0.5, 0.6) is 0 Å². The fraction of sp³-hybridized carbons (Fsp3) is 0. The number of benzene rings is 2. The molecule has 3 N–H and O–H groups in total. The molecule has 0 aliphatic rings. The quantitative estimate of drug-likeness (QED) is 0.249. The zero-order chi connectivity index (χ0) is 23.5. The molecule has 0 radical (unpaired) electrons. The largest absolute Gasteiger partial charge is 0.378 e. The van der Waals surface area contributed by atoms with Crippen LogP contribution in [-0.2, 0) is 0 Å². The summed E-state index contributed by atoms with van der Waals surface area (Å²) in [6.45, 7) is 0. The summed E-state index contributed by atoms with van der Waals surface area (Å²) in [5.41, 5.74) is 7.70. The van der Waals surface area contributed by atoms with Crippen molar-refractivity contribution in [3.63, 3.8) is 0 Å². The molecule has 2 heterocycles. The molecular formula is C18H11F2N9O4. The molecule has 4 aromatic rings. The van der Waals surface area contributed by atoms with Crippen molar-refractivity contribution in [2.45, 2.75) is 0 Å². The van der Waals surface area contributed by atoms with Crippen molar-refractivity contribution in [1.82, 2.24) is 30.7 Å². The average Bonchev–Trinajstić information content (AvgIpc) is 3.41. The Morgan fingerprint density at radius 3 is 2.61 bits per heavy atom. The predicted molar refractivity (Wildman–Crippen MR) is 107 cm³/mol. The van der Waals surface area contributed by atoms with Gasteiger partial charge in [-0.3, -0.25) is 14.9 Å². The van der Waals surface area contributed by atoms with Crippen LogP contribution in [0.2, 0.25) is 0 Å². The van der Waals surface area contributed by atoms with Gasteiger partial charge < -0.3 is 5.73 Å². The van der Waals surface area contributed by atoms with Crippen molar-refractivity contribution < 1.29 is 23.1 Å². The second kappa shape index (κ2) is 8.58. The SMILES string of the molecule is Nc1nonc1-n1nnc(C(=O)NN=Cc2ccc(F)cc2F)c1-c1ccc([N+](=O)[O-])cc1. The zero-order valence-electron chi connectivity index (χ0n) is 16.2. The fourth-order valence-electron chi connectivity index (χ4n) is 2.74. The zero-order valence-corrected chi connectivity index (χ0v) is 16.2. The maximum atomic E-state index is 13.7. The van der Waals surface area contributed by atoms with Crippen LogP contribution < -0.4 is 11.2 Å². The van der Waals surface area contributed by atoms with Gasteiger partial charge in [0.2, 0.25) is 11.6 Å². The highest BCUT2D eigenvalue weighted by Gasteiger charge is 2.25. The number of aromatic nitrogens is 5. The first-order valence-corrected chi connectivity index (χ1v) is 8.92. The third kappa shape index (κ3) is 4.22. The number of hydrogen-bond donors (Lipinski definition) is 2. The molecule has 33 heavy (non-hydrogen) atoms. The van der Waals surface area contributed by atoms with Crippen molar-refractivity contribution in [1.29, 1.82) is 0 Å². The van der Waals surface area contributed by atoms with E-state index in [1.807, 2.05) is 0 Å². The van der Waals surface area contributed by atoms with Gasteiger partial charge >= 0.3 is 0 Å². The molecule has 0 spiro atoms. The Labute approximate surface area is 181 Å². The lowest BCUT2D eigenvalue weighted by Gasteiger charge is -2.05. The van der Waals surface area contributed by atoms with E-state index in [4.69, 9.17) is 5.73 Å². The summed E-state index contributed by atoms with van der Waals surface area (Å²) in [6.07, 6.45) is 0.974. The maximum Gasteiger partial charge on any atom is 0.294 e. The molecule has 2 aromatic heterocycles. The van der Waals surface area contributed by atoms with Crippen molar-refractivity contribution in [2.75, 3.05) is 5.73 Å². The van der Waals surface area contributed by atoms with Gasteiger partial charge in [-0.25, -0.2) is 18.8 Å². The average molecular weight is 455 g/mol. The van der Waals surface area contributed by atoms with E-state index < -0.39 is 22.5 Å². The van der Waals surface area contributed by atoms with E-state index in [0.29, 0.717) is 11.6 Å². The van der Waals surface area contributed by atoms with E-state index in [9.17, 15) is 23.7 Å². The number of nitro benzene ring substituents is 1. The molecule has 1 amide bonds. The van der Waals surface area contributed by atoms with Gasteiger partial charge in [-0.05, 0) is 34.6 Å². The Bertz CT molecular complexity index is 1380. The Hall–Kier alpha value is -5.08. The maximum absolute atomic E-state index is 13.7. The molecule has 0 atom stereocenters. The number of nitro groups is 1. The van der Waals surface area contributed by atoms with Crippen LogP contribution in [0.25, 0.3) is 17.1 Å². The minimum atomic E-state index is -0.875. The molecule has 0 saturated carbocycles. The van der Waals surface area contributed by atoms with Gasteiger partial charge in [0.1, 0.15) is 17.3 Å². The molecule has 0 unspecified atom stereocenters. The van der Waals surface area contributed by atoms with E-state index >= 15 is 0 Å². The predicted octanol–water partition coefficient (Wildman–Crippen LogP) is 1.85. The molecular weight excluding hydrogens is 444 g/mol. The highest BCUT2D eigenvalue weighted by atomic mass is 19.1. The van der Waals surface area contributed by atoms with Crippen LogP contribution in [0.4, 0.5) is 20.3 Å². The molecule has 13 nitrogen and oxygen atoms in total. The van der Waals surface area contributed by atoms with Crippen LogP contribution in [0.15, 0.2) is 52.2 Å². The minimum Gasteiger partial charge on any atom is -0.378 e. The monoisotopic (exact) mass is 455 g/mol. The second-order valence-corrected chi connectivity index (χ2v) is 6.34. The molecule has 0 aliphatic carbocycles. The number of nitrogens with two attached hydrogens (primary N) is 1. The number of carbonyl (C=O) groups is 1. The van der Waals surface area contributed by atoms with Gasteiger partial charge in [0.25, 0.3) is 11.6 Å². The lowest BCUT2D eigenvalue weighted by molar-refractivity contribution is -0.384. The number of carbonyl (C=O) groups excluding carboxylic acids is 1. The van der Waals surface area contributed by atoms with E-state index in [2.05, 4.69) is 35.8 Å². The van der Waals surface area contributed by atoms with Crippen molar-refractivity contribution >= 4 is 23.6 Å². The van der Waals surface area contributed by atoms with Gasteiger partial charge in [0.05, 0.1) is 11.1 Å².